The van der Waals surface area contributed by atoms with E-state index in [1.807, 2.05) is 13.1 Å². The molecule has 1 aliphatic rings. The highest BCUT2D eigenvalue weighted by atomic mass is 32.1. The second-order valence-corrected chi connectivity index (χ2v) is 7.40. The number of carbonyl (C=O) groups excluding carboxylic acids is 1. The predicted molar refractivity (Wildman–Crippen MR) is 87.2 cm³/mol. The standard InChI is InChI=1S/C16H27N3OS/c1-3-13-10-18-15(21-13)12(2)19-14(20)9-16(11-17)7-5-4-6-8-16/h10,12H,3-9,11,17H2,1-2H3,(H,19,20). The molecule has 0 radical (unpaired) electrons. The lowest BCUT2D eigenvalue weighted by Crippen LogP contribution is -2.39. The monoisotopic (exact) mass is 309 g/mol. The molecule has 0 saturated heterocycles. The van der Waals surface area contributed by atoms with Crippen LogP contribution in [0.2, 0.25) is 0 Å². The Kier molecular flexibility index (Phi) is 5.76. The lowest BCUT2D eigenvalue weighted by molar-refractivity contribution is -0.124. The molecule has 3 N–H and O–H groups in total. The zero-order valence-corrected chi connectivity index (χ0v) is 14.0. The molecule has 1 atom stereocenters. The molecule has 1 amide bonds. The Bertz CT molecular complexity index is 466. The molecule has 5 heteroatoms. The SMILES string of the molecule is CCc1cnc(C(C)NC(=O)CC2(CN)CCCCC2)s1. The Morgan fingerprint density at radius 1 is 1.48 bits per heavy atom. The van der Waals surface area contributed by atoms with Gasteiger partial charge in [0, 0.05) is 17.5 Å². The van der Waals surface area contributed by atoms with Crippen molar-refractivity contribution in [3.63, 3.8) is 0 Å². The first-order valence-corrected chi connectivity index (χ1v) is 8.84. The van der Waals surface area contributed by atoms with Gasteiger partial charge in [0.1, 0.15) is 5.01 Å². The van der Waals surface area contributed by atoms with Crippen molar-refractivity contribution in [2.45, 2.75) is 64.8 Å². The van der Waals surface area contributed by atoms with Gasteiger partial charge >= 0.3 is 0 Å². The summed E-state index contributed by atoms with van der Waals surface area (Å²) < 4.78 is 0. The fourth-order valence-electron chi connectivity index (χ4n) is 3.14. The number of rotatable bonds is 6. The Morgan fingerprint density at radius 3 is 2.76 bits per heavy atom. The number of amides is 1. The third-order valence-corrected chi connectivity index (χ3v) is 5.87. The van der Waals surface area contributed by atoms with E-state index in [1.165, 1.54) is 24.1 Å². The maximum atomic E-state index is 12.3. The molecule has 0 spiro atoms. The van der Waals surface area contributed by atoms with Gasteiger partial charge in [0.15, 0.2) is 0 Å². The van der Waals surface area contributed by atoms with E-state index in [4.69, 9.17) is 5.73 Å². The van der Waals surface area contributed by atoms with Crippen LogP contribution in [0.25, 0.3) is 0 Å². The van der Waals surface area contributed by atoms with E-state index >= 15 is 0 Å². The number of hydrogen-bond acceptors (Lipinski definition) is 4. The van der Waals surface area contributed by atoms with Crippen LogP contribution < -0.4 is 11.1 Å². The van der Waals surface area contributed by atoms with E-state index in [9.17, 15) is 4.79 Å². The molecule has 0 aliphatic heterocycles. The van der Waals surface area contributed by atoms with Crippen LogP contribution >= 0.6 is 11.3 Å². The van der Waals surface area contributed by atoms with Gasteiger partial charge < -0.3 is 11.1 Å². The summed E-state index contributed by atoms with van der Waals surface area (Å²) in [7, 11) is 0. The number of hydrogen-bond donors (Lipinski definition) is 2. The van der Waals surface area contributed by atoms with Gasteiger partial charge in [-0.05, 0) is 38.1 Å². The van der Waals surface area contributed by atoms with Gasteiger partial charge in [-0.1, -0.05) is 26.2 Å². The van der Waals surface area contributed by atoms with Crippen molar-refractivity contribution >= 4 is 17.2 Å². The second kappa shape index (κ2) is 7.36. The number of nitrogens with two attached hydrogens (primary N) is 1. The normalized spacial score (nSPS) is 19.2. The van der Waals surface area contributed by atoms with E-state index < -0.39 is 0 Å². The molecule has 1 aliphatic carbocycles. The zero-order valence-electron chi connectivity index (χ0n) is 13.2. The summed E-state index contributed by atoms with van der Waals surface area (Å²) in [5.41, 5.74) is 5.99. The van der Waals surface area contributed by atoms with E-state index in [0.717, 1.165) is 24.3 Å². The first kappa shape index (κ1) is 16.4. The zero-order chi connectivity index (χ0) is 15.3. The molecule has 1 fully saturated rings. The number of thiazole rings is 1. The molecule has 21 heavy (non-hydrogen) atoms. The molecule has 1 aromatic rings. The van der Waals surface area contributed by atoms with E-state index in [0.29, 0.717) is 13.0 Å². The highest BCUT2D eigenvalue weighted by Crippen LogP contribution is 2.38. The van der Waals surface area contributed by atoms with Crippen molar-refractivity contribution in [2.75, 3.05) is 6.54 Å². The van der Waals surface area contributed by atoms with Crippen molar-refractivity contribution in [1.29, 1.82) is 0 Å². The molecule has 0 bridgehead atoms. The van der Waals surface area contributed by atoms with Crippen LogP contribution in [0.3, 0.4) is 0 Å². The third-order valence-electron chi connectivity index (χ3n) is 4.55. The largest absolute Gasteiger partial charge is 0.347 e. The number of carbonyl (C=O) groups is 1. The maximum Gasteiger partial charge on any atom is 0.221 e. The minimum absolute atomic E-state index is 0.0128. The van der Waals surface area contributed by atoms with Gasteiger partial charge in [-0.3, -0.25) is 4.79 Å². The minimum atomic E-state index is -0.0128. The summed E-state index contributed by atoms with van der Waals surface area (Å²) in [5, 5.41) is 4.08. The van der Waals surface area contributed by atoms with Crippen LogP contribution in [-0.2, 0) is 11.2 Å². The van der Waals surface area contributed by atoms with Gasteiger partial charge in [0.05, 0.1) is 6.04 Å². The summed E-state index contributed by atoms with van der Waals surface area (Å²) in [6, 6.07) is -0.0128. The average molecular weight is 309 g/mol. The highest BCUT2D eigenvalue weighted by molar-refractivity contribution is 7.11. The summed E-state index contributed by atoms with van der Waals surface area (Å²) in [6.07, 6.45) is 9.31. The number of aryl methyl sites for hydroxylation is 1. The summed E-state index contributed by atoms with van der Waals surface area (Å²) in [4.78, 5) is 18.0. The van der Waals surface area contributed by atoms with E-state index in [1.54, 1.807) is 11.3 Å². The maximum absolute atomic E-state index is 12.3. The highest BCUT2D eigenvalue weighted by Gasteiger charge is 2.33. The Balaban J connectivity index is 1.91. The van der Waals surface area contributed by atoms with Gasteiger partial charge in [-0.15, -0.1) is 11.3 Å². The average Bonchev–Trinajstić information content (AvgIpc) is 2.97. The predicted octanol–water partition coefficient (Wildman–Crippen LogP) is 3.18. The summed E-state index contributed by atoms with van der Waals surface area (Å²) in [5.74, 6) is 0.114. The fraction of sp³-hybridized carbons (Fsp3) is 0.750. The molecule has 118 valence electrons. The van der Waals surface area contributed by atoms with Gasteiger partial charge in [0.25, 0.3) is 0 Å². The Hall–Kier alpha value is -0.940. The number of aromatic nitrogens is 1. The minimum Gasteiger partial charge on any atom is -0.347 e. The summed E-state index contributed by atoms with van der Waals surface area (Å²) in [6.45, 7) is 4.74. The second-order valence-electron chi connectivity index (χ2n) is 6.25. The topological polar surface area (TPSA) is 68.0 Å². The van der Waals surface area contributed by atoms with Crippen molar-refractivity contribution in [2.24, 2.45) is 11.1 Å². The van der Waals surface area contributed by atoms with E-state index in [-0.39, 0.29) is 17.4 Å². The van der Waals surface area contributed by atoms with Gasteiger partial charge in [-0.2, -0.15) is 0 Å². The first-order chi connectivity index (χ1) is 10.1. The molecule has 4 nitrogen and oxygen atoms in total. The Labute approximate surface area is 131 Å². The van der Waals surface area contributed by atoms with Crippen LogP contribution in [0.5, 0.6) is 0 Å². The van der Waals surface area contributed by atoms with Gasteiger partial charge in [-0.25, -0.2) is 4.98 Å². The van der Waals surface area contributed by atoms with Crippen LogP contribution in [-0.4, -0.2) is 17.4 Å². The first-order valence-electron chi connectivity index (χ1n) is 8.02. The van der Waals surface area contributed by atoms with E-state index in [2.05, 4.69) is 17.2 Å². The summed E-state index contributed by atoms with van der Waals surface area (Å²) >= 11 is 1.68. The molecular weight excluding hydrogens is 282 g/mol. The van der Waals surface area contributed by atoms with Gasteiger partial charge in [0.2, 0.25) is 5.91 Å². The quantitative estimate of drug-likeness (QED) is 0.848. The van der Waals surface area contributed by atoms with Crippen LogP contribution in [0.1, 0.15) is 68.3 Å². The molecule has 2 rings (SSSR count). The van der Waals surface area contributed by atoms with Crippen molar-refractivity contribution in [3.05, 3.63) is 16.1 Å². The van der Waals surface area contributed by atoms with Crippen LogP contribution in [0.4, 0.5) is 0 Å². The molecule has 0 aromatic carbocycles. The molecule has 1 saturated carbocycles. The molecule has 1 heterocycles. The molecule has 1 unspecified atom stereocenters. The lowest BCUT2D eigenvalue weighted by atomic mass is 9.71. The number of nitrogens with one attached hydrogen (secondary N) is 1. The smallest absolute Gasteiger partial charge is 0.221 e. The fourth-order valence-corrected chi connectivity index (χ4v) is 4.00. The molecule has 1 aromatic heterocycles. The third kappa shape index (κ3) is 4.27. The van der Waals surface area contributed by atoms with Crippen LogP contribution in [0.15, 0.2) is 6.20 Å². The van der Waals surface area contributed by atoms with Crippen molar-refractivity contribution in [1.82, 2.24) is 10.3 Å². The molecular formula is C16H27N3OS. The van der Waals surface area contributed by atoms with Crippen molar-refractivity contribution < 1.29 is 4.79 Å². The number of nitrogens with zero attached hydrogens (tertiary/aromatic N) is 1. The Morgan fingerprint density at radius 2 is 2.19 bits per heavy atom. The van der Waals surface area contributed by atoms with Crippen molar-refractivity contribution in [3.8, 4) is 0 Å². The van der Waals surface area contributed by atoms with Crippen LogP contribution in [0, 0.1) is 5.41 Å². The lowest BCUT2D eigenvalue weighted by Gasteiger charge is -2.35.